The standard InChI is InChI=1S/C13H13N3O/c14-9-10-3-4-12(15)13(8-10)16-6-5-11-2-1-7-17-11/h1-4,7-8,16H,5-6,15H2. The summed E-state index contributed by atoms with van der Waals surface area (Å²) in [6, 6.07) is 11.1. The Bertz CT molecular complexity index is 526. The van der Waals surface area contributed by atoms with E-state index in [0.29, 0.717) is 17.8 Å². The molecule has 0 aliphatic carbocycles. The number of hydrogen-bond donors (Lipinski definition) is 2. The largest absolute Gasteiger partial charge is 0.469 e. The molecule has 4 nitrogen and oxygen atoms in total. The van der Waals surface area contributed by atoms with Crippen LogP contribution >= 0.6 is 0 Å². The molecule has 0 aliphatic heterocycles. The molecule has 0 aliphatic rings. The zero-order valence-corrected chi connectivity index (χ0v) is 9.31. The van der Waals surface area contributed by atoms with Crippen molar-refractivity contribution in [2.75, 3.05) is 17.6 Å². The van der Waals surface area contributed by atoms with Gasteiger partial charge in [0, 0.05) is 13.0 Å². The van der Waals surface area contributed by atoms with E-state index in [1.54, 1.807) is 24.5 Å². The third kappa shape index (κ3) is 2.79. The summed E-state index contributed by atoms with van der Waals surface area (Å²) in [4.78, 5) is 0. The van der Waals surface area contributed by atoms with Crippen molar-refractivity contribution in [3.05, 3.63) is 47.9 Å². The van der Waals surface area contributed by atoms with E-state index < -0.39 is 0 Å². The molecule has 3 N–H and O–H groups in total. The highest BCUT2D eigenvalue weighted by Crippen LogP contribution is 2.19. The fourth-order valence-corrected chi connectivity index (χ4v) is 1.55. The number of nitrogens with two attached hydrogens (primary N) is 1. The molecular weight excluding hydrogens is 214 g/mol. The van der Waals surface area contributed by atoms with Crippen molar-refractivity contribution in [1.82, 2.24) is 0 Å². The molecule has 0 amide bonds. The van der Waals surface area contributed by atoms with E-state index in [1.165, 1.54) is 0 Å². The Kier molecular flexibility index (Phi) is 3.31. The molecule has 0 atom stereocenters. The Hall–Kier alpha value is -2.41. The highest BCUT2D eigenvalue weighted by atomic mass is 16.3. The molecule has 0 radical (unpaired) electrons. The van der Waals surface area contributed by atoms with Gasteiger partial charge in [-0.3, -0.25) is 0 Å². The lowest BCUT2D eigenvalue weighted by Gasteiger charge is -2.08. The molecule has 0 bridgehead atoms. The predicted octanol–water partition coefficient (Wildman–Crippen LogP) is 2.39. The van der Waals surface area contributed by atoms with Crippen molar-refractivity contribution in [2.45, 2.75) is 6.42 Å². The quantitative estimate of drug-likeness (QED) is 0.786. The van der Waals surface area contributed by atoms with Gasteiger partial charge in [0.25, 0.3) is 0 Å². The number of hydrogen-bond acceptors (Lipinski definition) is 4. The van der Waals surface area contributed by atoms with Crippen LogP contribution in [0.1, 0.15) is 11.3 Å². The van der Waals surface area contributed by atoms with E-state index in [9.17, 15) is 0 Å². The van der Waals surface area contributed by atoms with E-state index in [-0.39, 0.29) is 0 Å². The average molecular weight is 227 g/mol. The number of nitriles is 1. The normalized spacial score (nSPS) is 9.82. The summed E-state index contributed by atoms with van der Waals surface area (Å²) < 4.78 is 5.22. The molecule has 0 saturated carbocycles. The van der Waals surface area contributed by atoms with Gasteiger partial charge >= 0.3 is 0 Å². The lowest BCUT2D eigenvalue weighted by molar-refractivity contribution is 0.513. The lowest BCUT2D eigenvalue weighted by atomic mass is 10.2. The summed E-state index contributed by atoms with van der Waals surface area (Å²) >= 11 is 0. The van der Waals surface area contributed by atoms with E-state index in [4.69, 9.17) is 15.4 Å². The Morgan fingerprint density at radius 2 is 2.24 bits per heavy atom. The van der Waals surface area contributed by atoms with Crippen LogP contribution in [0.2, 0.25) is 0 Å². The average Bonchev–Trinajstić information content (AvgIpc) is 2.84. The van der Waals surface area contributed by atoms with Gasteiger partial charge in [0.2, 0.25) is 0 Å². The monoisotopic (exact) mass is 227 g/mol. The van der Waals surface area contributed by atoms with E-state index in [0.717, 1.165) is 17.9 Å². The topological polar surface area (TPSA) is 75.0 Å². The van der Waals surface area contributed by atoms with Crippen molar-refractivity contribution in [1.29, 1.82) is 5.26 Å². The Morgan fingerprint density at radius 1 is 1.35 bits per heavy atom. The fourth-order valence-electron chi connectivity index (χ4n) is 1.55. The molecule has 2 rings (SSSR count). The summed E-state index contributed by atoms with van der Waals surface area (Å²) in [5.41, 5.74) is 7.83. The van der Waals surface area contributed by atoms with Gasteiger partial charge in [0.15, 0.2) is 0 Å². The highest BCUT2D eigenvalue weighted by molar-refractivity contribution is 5.68. The zero-order valence-electron chi connectivity index (χ0n) is 9.31. The summed E-state index contributed by atoms with van der Waals surface area (Å²) in [6.45, 7) is 0.715. The minimum Gasteiger partial charge on any atom is -0.469 e. The molecule has 1 aromatic carbocycles. The molecule has 0 spiro atoms. The maximum Gasteiger partial charge on any atom is 0.105 e. The van der Waals surface area contributed by atoms with E-state index in [1.807, 2.05) is 12.1 Å². The predicted molar refractivity (Wildman–Crippen MR) is 66.5 cm³/mol. The third-order valence-corrected chi connectivity index (χ3v) is 2.45. The molecule has 0 saturated heterocycles. The summed E-state index contributed by atoms with van der Waals surface area (Å²) in [5, 5.41) is 12.0. The first kappa shape index (κ1) is 11.1. The third-order valence-electron chi connectivity index (χ3n) is 2.45. The minimum atomic E-state index is 0.597. The molecule has 4 heteroatoms. The zero-order chi connectivity index (χ0) is 12.1. The highest BCUT2D eigenvalue weighted by Gasteiger charge is 2.01. The van der Waals surface area contributed by atoms with Crippen molar-refractivity contribution >= 4 is 11.4 Å². The number of benzene rings is 1. The first-order chi connectivity index (χ1) is 8.29. The van der Waals surface area contributed by atoms with Gasteiger partial charge in [-0.1, -0.05) is 0 Å². The van der Waals surface area contributed by atoms with Crippen LogP contribution in [0.25, 0.3) is 0 Å². The number of nitrogens with zero attached hydrogens (tertiary/aromatic N) is 1. The van der Waals surface area contributed by atoms with E-state index >= 15 is 0 Å². The summed E-state index contributed by atoms with van der Waals surface area (Å²) in [6.07, 6.45) is 2.43. The smallest absolute Gasteiger partial charge is 0.105 e. The van der Waals surface area contributed by atoms with Crippen LogP contribution in [0.5, 0.6) is 0 Å². The second-order valence-corrected chi connectivity index (χ2v) is 3.67. The number of anilines is 2. The summed E-state index contributed by atoms with van der Waals surface area (Å²) in [7, 11) is 0. The number of rotatable bonds is 4. The number of nitrogen functional groups attached to an aromatic ring is 1. The Labute approximate surface area is 99.7 Å². The molecule has 0 fully saturated rings. The second-order valence-electron chi connectivity index (χ2n) is 3.67. The van der Waals surface area contributed by atoms with Crippen LogP contribution in [0.4, 0.5) is 11.4 Å². The lowest BCUT2D eigenvalue weighted by Crippen LogP contribution is -2.06. The molecule has 0 unspecified atom stereocenters. The van der Waals surface area contributed by atoms with E-state index in [2.05, 4.69) is 11.4 Å². The van der Waals surface area contributed by atoms with Crippen molar-refractivity contribution in [3.8, 4) is 6.07 Å². The van der Waals surface area contributed by atoms with Crippen LogP contribution in [0.15, 0.2) is 41.0 Å². The van der Waals surface area contributed by atoms with Crippen LogP contribution in [-0.4, -0.2) is 6.54 Å². The SMILES string of the molecule is N#Cc1ccc(N)c(NCCc2ccco2)c1. The molecule has 2 aromatic rings. The summed E-state index contributed by atoms with van der Waals surface area (Å²) in [5.74, 6) is 0.924. The van der Waals surface area contributed by atoms with Crippen molar-refractivity contribution in [3.63, 3.8) is 0 Å². The molecular formula is C13H13N3O. The van der Waals surface area contributed by atoms with Gasteiger partial charge in [-0.2, -0.15) is 5.26 Å². The van der Waals surface area contributed by atoms with Crippen LogP contribution < -0.4 is 11.1 Å². The van der Waals surface area contributed by atoms with Gasteiger partial charge in [0.1, 0.15) is 5.76 Å². The van der Waals surface area contributed by atoms with Crippen molar-refractivity contribution in [2.24, 2.45) is 0 Å². The molecule has 86 valence electrons. The van der Waals surface area contributed by atoms with Gasteiger partial charge in [-0.05, 0) is 30.3 Å². The van der Waals surface area contributed by atoms with Crippen LogP contribution in [0.3, 0.4) is 0 Å². The second kappa shape index (κ2) is 5.08. The van der Waals surface area contributed by atoms with Crippen molar-refractivity contribution < 1.29 is 4.42 Å². The Morgan fingerprint density at radius 3 is 2.94 bits per heavy atom. The van der Waals surface area contributed by atoms with Gasteiger partial charge in [-0.15, -0.1) is 0 Å². The van der Waals surface area contributed by atoms with Gasteiger partial charge < -0.3 is 15.5 Å². The van der Waals surface area contributed by atoms with Crippen LogP contribution in [-0.2, 0) is 6.42 Å². The molecule has 1 heterocycles. The first-order valence-corrected chi connectivity index (χ1v) is 5.35. The molecule has 17 heavy (non-hydrogen) atoms. The van der Waals surface area contributed by atoms with Gasteiger partial charge in [-0.25, -0.2) is 0 Å². The maximum atomic E-state index is 8.79. The maximum absolute atomic E-state index is 8.79. The number of nitrogens with one attached hydrogen (secondary N) is 1. The Balaban J connectivity index is 1.97. The first-order valence-electron chi connectivity index (χ1n) is 5.35. The fraction of sp³-hybridized carbons (Fsp3) is 0.154. The number of furan rings is 1. The minimum absolute atomic E-state index is 0.597. The van der Waals surface area contributed by atoms with Crippen LogP contribution in [0, 0.1) is 11.3 Å². The molecule has 1 aromatic heterocycles. The van der Waals surface area contributed by atoms with Gasteiger partial charge in [0.05, 0.1) is 29.3 Å².